The van der Waals surface area contributed by atoms with Crippen molar-refractivity contribution in [3.63, 3.8) is 0 Å². The number of halogens is 2. The van der Waals surface area contributed by atoms with Gasteiger partial charge in [0.2, 0.25) is 5.91 Å². The van der Waals surface area contributed by atoms with Crippen molar-refractivity contribution in [2.75, 3.05) is 6.54 Å². The van der Waals surface area contributed by atoms with Gasteiger partial charge in [0.25, 0.3) is 11.6 Å². The molecule has 0 heterocycles. The number of carbonyl (C=O) groups is 2. The molecule has 1 aromatic rings. The van der Waals surface area contributed by atoms with Gasteiger partial charge in [-0.1, -0.05) is 23.2 Å². The number of primary amides is 1. The first-order valence-corrected chi connectivity index (χ1v) is 5.78. The Kier molecular flexibility index (Phi) is 5.08. The molecule has 1 rings (SSSR count). The number of carbonyl (C=O) groups excluding carboxylic acids is 2. The van der Waals surface area contributed by atoms with Crippen molar-refractivity contribution >= 4 is 40.7 Å². The van der Waals surface area contributed by atoms with Gasteiger partial charge in [-0.2, -0.15) is 0 Å². The number of amides is 2. The molecular formula is C10H9Cl2N3O4. The summed E-state index contributed by atoms with van der Waals surface area (Å²) in [6, 6.07) is 2.21. The largest absolute Gasteiger partial charge is 0.370 e. The third-order valence-corrected chi connectivity index (χ3v) is 2.92. The van der Waals surface area contributed by atoms with Gasteiger partial charge in [0.15, 0.2) is 0 Å². The van der Waals surface area contributed by atoms with E-state index in [1.54, 1.807) is 0 Å². The van der Waals surface area contributed by atoms with Crippen LogP contribution in [0.15, 0.2) is 12.1 Å². The van der Waals surface area contributed by atoms with E-state index in [9.17, 15) is 19.7 Å². The summed E-state index contributed by atoms with van der Waals surface area (Å²) in [6.45, 7) is 0.0300. The number of nitrogens with two attached hydrogens (primary N) is 1. The van der Waals surface area contributed by atoms with Crippen molar-refractivity contribution in [3.8, 4) is 0 Å². The molecular weight excluding hydrogens is 297 g/mol. The lowest BCUT2D eigenvalue weighted by Crippen LogP contribution is -2.27. The summed E-state index contributed by atoms with van der Waals surface area (Å²) in [4.78, 5) is 32.2. The topological polar surface area (TPSA) is 115 Å². The van der Waals surface area contributed by atoms with E-state index in [0.29, 0.717) is 0 Å². The molecule has 9 heteroatoms. The SMILES string of the molecule is NC(=O)CCNC(=O)c1cc(Cl)c(Cl)c([N+](=O)[O-])c1. The maximum absolute atomic E-state index is 11.7. The van der Waals surface area contributed by atoms with E-state index in [1.807, 2.05) is 0 Å². The molecule has 0 aliphatic carbocycles. The van der Waals surface area contributed by atoms with E-state index in [0.717, 1.165) is 6.07 Å². The molecule has 0 saturated carbocycles. The summed E-state index contributed by atoms with van der Waals surface area (Å²) in [5.41, 5.74) is 4.42. The molecule has 0 unspecified atom stereocenters. The minimum atomic E-state index is -0.742. The first-order valence-electron chi connectivity index (χ1n) is 5.03. The molecule has 0 fully saturated rings. The second kappa shape index (κ2) is 6.35. The zero-order chi connectivity index (χ0) is 14.6. The summed E-state index contributed by atoms with van der Waals surface area (Å²) in [7, 11) is 0. The van der Waals surface area contributed by atoms with Crippen molar-refractivity contribution in [2.24, 2.45) is 5.73 Å². The molecule has 2 amide bonds. The lowest BCUT2D eigenvalue weighted by Gasteiger charge is -2.05. The molecule has 0 aliphatic rings. The molecule has 102 valence electrons. The molecule has 0 atom stereocenters. The van der Waals surface area contributed by atoms with E-state index < -0.39 is 22.4 Å². The third-order valence-electron chi connectivity index (χ3n) is 2.12. The van der Waals surface area contributed by atoms with Crippen LogP contribution in [-0.4, -0.2) is 23.3 Å². The molecule has 0 aliphatic heterocycles. The van der Waals surface area contributed by atoms with Crippen LogP contribution >= 0.6 is 23.2 Å². The van der Waals surface area contributed by atoms with Gasteiger partial charge < -0.3 is 11.1 Å². The number of hydrogen-bond acceptors (Lipinski definition) is 4. The number of nitro benzene ring substituents is 1. The lowest BCUT2D eigenvalue weighted by atomic mass is 10.2. The van der Waals surface area contributed by atoms with Crippen LogP contribution in [0.4, 0.5) is 5.69 Å². The highest BCUT2D eigenvalue weighted by molar-refractivity contribution is 6.43. The summed E-state index contributed by atoms with van der Waals surface area (Å²) in [6.07, 6.45) is -0.0326. The summed E-state index contributed by atoms with van der Waals surface area (Å²) < 4.78 is 0. The standard InChI is InChI=1S/C10H9Cl2N3O4/c11-6-3-5(4-7(9(6)12)15(18)19)10(17)14-2-1-8(13)16/h3-4H,1-2H2,(H2,13,16)(H,14,17). The van der Waals surface area contributed by atoms with Crippen LogP contribution in [-0.2, 0) is 4.79 Å². The minimum Gasteiger partial charge on any atom is -0.370 e. The third kappa shape index (κ3) is 4.08. The molecule has 0 saturated heterocycles. The average Bonchev–Trinajstić information content (AvgIpc) is 2.31. The van der Waals surface area contributed by atoms with Crippen LogP contribution in [0, 0.1) is 10.1 Å². The fraction of sp³-hybridized carbons (Fsp3) is 0.200. The van der Waals surface area contributed by atoms with Gasteiger partial charge in [-0.3, -0.25) is 19.7 Å². The highest BCUT2D eigenvalue weighted by Crippen LogP contribution is 2.32. The molecule has 1 aromatic carbocycles. The highest BCUT2D eigenvalue weighted by atomic mass is 35.5. The first-order chi connectivity index (χ1) is 8.82. The van der Waals surface area contributed by atoms with Crippen LogP contribution in [0.5, 0.6) is 0 Å². The Bertz CT molecular complexity index is 548. The summed E-state index contributed by atoms with van der Waals surface area (Å²) in [5, 5.41) is 12.8. The number of nitrogens with zero attached hydrogens (tertiary/aromatic N) is 1. The van der Waals surface area contributed by atoms with E-state index in [4.69, 9.17) is 28.9 Å². The number of benzene rings is 1. The molecule has 0 radical (unpaired) electrons. The van der Waals surface area contributed by atoms with Gasteiger partial charge in [-0.25, -0.2) is 0 Å². The van der Waals surface area contributed by atoms with Gasteiger partial charge in [0.05, 0.1) is 9.95 Å². The van der Waals surface area contributed by atoms with E-state index in [-0.39, 0.29) is 28.6 Å². The maximum Gasteiger partial charge on any atom is 0.290 e. The van der Waals surface area contributed by atoms with Gasteiger partial charge in [0.1, 0.15) is 5.02 Å². The summed E-state index contributed by atoms with van der Waals surface area (Å²) in [5.74, 6) is -1.18. The van der Waals surface area contributed by atoms with Crippen molar-refractivity contribution in [1.82, 2.24) is 5.32 Å². The maximum atomic E-state index is 11.7. The fourth-order valence-corrected chi connectivity index (χ4v) is 1.63. The van der Waals surface area contributed by atoms with E-state index in [1.165, 1.54) is 6.07 Å². The number of nitro groups is 1. The predicted octanol–water partition coefficient (Wildman–Crippen LogP) is 1.51. The van der Waals surface area contributed by atoms with Crippen LogP contribution in [0.2, 0.25) is 10.0 Å². The Balaban J connectivity index is 2.92. The van der Waals surface area contributed by atoms with Gasteiger partial charge in [0, 0.05) is 24.6 Å². The Morgan fingerprint density at radius 3 is 2.53 bits per heavy atom. The fourth-order valence-electron chi connectivity index (χ4n) is 1.24. The lowest BCUT2D eigenvalue weighted by molar-refractivity contribution is -0.384. The molecule has 7 nitrogen and oxygen atoms in total. The van der Waals surface area contributed by atoms with Gasteiger partial charge in [-0.15, -0.1) is 0 Å². The Labute approximate surface area is 117 Å². The van der Waals surface area contributed by atoms with Crippen molar-refractivity contribution < 1.29 is 14.5 Å². The van der Waals surface area contributed by atoms with Crippen LogP contribution in [0.1, 0.15) is 16.8 Å². The second-order valence-electron chi connectivity index (χ2n) is 3.52. The predicted molar refractivity (Wildman–Crippen MR) is 69.3 cm³/mol. The average molecular weight is 306 g/mol. The van der Waals surface area contributed by atoms with E-state index >= 15 is 0 Å². The quantitative estimate of drug-likeness (QED) is 0.633. The number of nitrogens with one attached hydrogen (secondary N) is 1. The zero-order valence-corrected chi connectivity index (χ0v) is 11.0. The Hall–Kier alpha value is -1.86. The Morgan fingerprint density at radius 2 is 2.00 bits per heavy atom. The highest BCUT2D eigenvalue weighted by Gasteiger charge is 2.19. The van der Waals surface area contributed by atoms with Crippen LogP contribution < -0.4 is 11.1 Å². The van der Waals surface area contributed by atoms with Crippen molar-refractivity contribution in [3.05, 3.63) is 37.9 Å². The van der Waals surface area contributed by atoms with Crippen LogP contribution in [0.3, 0.4) is 0 Å². The second-order valence-corrected chi connectivity index (χ2v) is 4.31. The summed E-state index contributed by atoms with van der Waals surface area (Å²) >= 11 is 11.3. The molecule has 0 bridgehead atoms. The number of hydrogen-bond donors (Lipinski definition) is 2. The molecule has 0 aromatic heterocycles. The monoisotopic (exact) mass is 305 g/mol. The minimum absolute atomic E-state index is 0.0226. The van der Waals surface area contributed by atoms with Gasteiger partial charge >= 0.3 is 0 Å². The first kappa shape index (κ1) is 15.2. The number of rotatable bonds is 5. The zero-order valence-electron chi connectivity index (χ0n) is 9.48. The normalized spacial score (nSPS) is 10.0. The van der Waals surface area contributed by atoms with Gasteiger partial charge in [-0.05, 0) is 6.07 Å². The van der Waals surface area contributed by atoms with Crippen molar-refractivity contribution in [1.29, 1.82) is 0 Å². The van der Waals surface area contributed by atoms with E-state index in [2.05, 4.69) is 5.32 Å². The smallest absolute Gasteiger partial charge is 0.290 e. The molecule has 3 N–H and O–H groups in total. The molecule has 19 heavy (non-hydrogen) atoms. The van der Waals surface area contributed by atoms with Crippen molar-refractivity contribution in [2.45, 2.75) is 6.42 Å². The molecule has 0 spiro atoms. The van der Waals surface area contributed by atoms with Crippen LogP contribution in [0.25, 0.3) is 0 Å². The Morgan fingerprint density at radius 1 is 1.37 bits per heavy atom.